The number of hydrogen-bond donors (Lipinski definition) is 1. The van der Waals surface area contributed by atoms with Crippen molar-refractivity contribution in [3.63, 3.8) is 0 Å². The number of nitrogens with zero attached hydrogens (tertiary/aromatic N) is 1. The van der Waals surface area contributed by atoms with E-state index in [9.17, 15) is 0 Å². The van der Waals surface area contributed by atoms with Crippen LogP contribution in [0.1, 0.15) is 19.8 Å². The van der Waals surface area contributed by atoms with Crippen molar-refractivity contribution in [2.75, 3.05) is 10.2 Å². The summed E-state index contributed by atoms with van der Waals surface area (Å²) in [6.07, 6.45) is 15.5. The van der Waals surface area contributed by atoms with E-state index in [0.717, 1.165) is 24.2 Å². The molecule has 2 heteroatoms. The Morgan fingerprint density at radius 3 is 2.22 bits per heavy atom. The lowest BCUT2D eigenvalue weighted by Gasteiger charge is -2.30. The Morgan fingerprint density at radius 1 is 0.781 bits per heavy atom. The molecule has 0 spiro atoms. The minimum Gasteiger partial charge on any atom is -0.356 e. The molecule has 158 valence electrons. The third kappa shape index (κ3) is 4.31. The van der Waals surface area contributed by atoms with Crippen LogP contribution in [0.15, 0.2) is 127 Å². The number of allylic oxidation sites excluding steroid dienone is 7. The molecule has 2 nitrogen and oxygen atoms in total. The zero-order valence-electron chi connectivity index (χ0n) is 18.4. The smallest absolute Gasteiger partial charge is 0.0453 e. The van der Waals surface area contributed by atoms with E-state index in [4.69, 9.17) is 0 Å². The molecule has 1 aliphatic carbocycles. The Kier molecular flexibility index (Phi) is 5.76. The fraction of sp³-hybridized carbons (Fsp3) is 0.133. The van der Waals surface area contributed by atoms with Crippen LogP contribution in [-0.4, -0.2) is 0 Å². The standard InChI is InChI=1S/C30H28N2/c1-23-9-7-8-22-32(30-13-6-5-12-29(23)30)28-20-18-27(19-21-28)31-26-16-14-25(15-17-26)24-10-3-2-4-11-24/h2-5,7-12,14-23,31H,6,13H2,1H3/b9-7-,22-8-. The van der Waals surface area contributed by atoms with Crippen molar-refractivity contribution in [3.8, 4) is 11.1 Å². The van der Waals surface area contributed by atoms with Gasteiger partial charge in [-0.2, -0.15) is 0 Å². The average Bonchev–Trinajstić information content (AvgIpc) is 2.85. The van der Waals surface area contributed by atoms with Gasteiger partial charge in [-0.3, -0.25) is 0 Å². The molecule has 32 heavy (non-hydrogen) atoms. The van der Waals surface area contributed by atoms with Gasteiger partial charge < -0.3 is 10.2 Å². The fourth-order valence-electron chi connectivity index (χ4n) is 4.40. The minimum absolute atomic E-state index is 0.425. The topological polar surface area (TPSA) is 15.3 Å². The maximum absolute atomic E-state index is 3.53. The lowest BCUT2D eigenvalue weighted by Crippen LogP contribution is -2.21. The number of anilines is 3. The molecular weight excluding hydrogens is 388 g/mol. The highest BCUT2D eigenvalue weighted by molar-refractivity contribution is 5.70. The molecule has 0 amide bonds. The van der Waals surface area contributed by atoms with Gasteiger partial charge in [-0.15, -0.1) is 0 Å². The van der Waals surface area contributed by atoms with Crippen LogP contribution in [0.3, 0.4) is 0 Å². The van der Waals surface area contributed by atoms with Crippen LogP contribution in [-0.2, 0) is 0 Å². The molecule has 1 N–H and O–H groups in total. The average molecular weight is 417 g/mol. The summed E-state index contributed by atoms with van der Waals surface area (Å²) in [5, 5.41) is 3.53. The van der Waals surface area contributed by atoms with Gasteiger partial charge >= 0.3 is 0 Å². The Hall–Kier alpha value is -3.78. The summed E-state index contributed by atoms with van der Waals surface area (Å²) >= 11 is 0. The summed E-state index contributed by atoms with van der Waals surface area (Å²) in [5.74, 6) is 0.425. The molecule has 5 rings (SSSR count). The van der Waals surface area contributed by atoms with E-state index in [-0.39, 0.29) is 0 Å². The largest absolute Gasteiger partial charge is 0.356 e. The quantitative estimate of drug-likeness (QED) is 0.461. The highest BCUT2D eigenvalue weighted by Crippen LogP contribution is 2.34. The first kappa shape index (κ1) is 20.1. The summed E-state index contributed by atoms with van der Waals surface area (Å²) < 4.78 is 0. The van der Waals surface area contributed by atoms with Crippen molar-refractivity contribution in [1.29, 1.82) is 0 Å². The van der Waals surface area contributed by atoms with Gasteiger partial charge in [0.15, 0.2) is 0 Å². The van der Waals surface area contributed by atoms with Crippen LogP contribution in [0.25, 0.3) is 11.1 Å². The van der Waals surface area contributed by atoms with Crippen molar-refractivity contribution in [1.82, 2.24) is 0 Å². The fourth-order valence-corrected chi connectivity index (χ4v) is 4.40. The van der Waals surface area contributed by atoms with E-state index < -0.39 is 0 Å². The second-order valence-corrected chi connectivity index (χ2v) is 8.34. The Balaban J connectivity index is 1.35. The molecular formula is C30H28N2. The van der Waals surface area contributed by atoms with E-state index in [1.165, 1.54) is 28.1 Å². The predicted molar refractivity (Wildman–Crippen MR) is 137 cm³/mol. The van der Waals surface area contributed by atoms with Crippen LogP contribution in [0.4, 0.5) is 17.1 Å². The molecule has 0 fully saturated rings. The number of hydrogen-bond acceptors (Lipinski definition) is 2. The molecule has 1 heterocycles. The van der Waals surface area contributed by atoms with Crippen LogP contribution in [0.5, 0.6) is 0 Å². The first-order chi connectivity index (χ1) is 15.8. The molecule has 0 saturated carbocycles. The summed E-state index contributed by atoms with van der Waals surface area (Å²) in [4.78, 5) is 2.34. The van der Waals surface area contributed by atoms with E-state index in [0.29, 0.717) is 5.92 Å². The van der Waals surface area contributed by atoms with Crippen molar-refractivity contribution in [2.24, 2.45) is 5.92 Å². The van der Waals surface area contributed by atoms with Gasteiger partial charge in [0.05, 0.1) is 0 Å². The molecule has 0 aromatic heterocycles. The lowest BCUT2D eigenvalue weighted by molar-refractivity contribution is 0.799. The highest BCUT2D eigenvalue weighted by atomic mass is 15.1. The van der Waals surface area contributed by atoms with Crippen molar-refractivity contribution in [3.05, 3.63) is 127 Å². The first-order valence-electron chi connectivity index (χ1n) is 11.3. The monoisotopic (exact) mass is 416 g/mol. The van der Waals surface area contributed by atoms with Gasteiger partial charge in [0, 0.05) is 34.9 Å². The Morgan fingerprint density at radius 2 is 1.47 bits per heavy atom. The molecule has 3 aromatic carbocycles. The lowest BCUT2D eigenvalue weighted by atomic mass is 9.91. The number of rotatable bonds is 4. The minimum atomic E-state index is 0.425. The van der Waals surface area contributed by atoms with E-state index >= 15 is 0 Å². The second-order valence-electron chi connectivity index (χ2n) is 8.34. The van der Waals surface area contributed by atoms with Gasteiger partial charge in [0.2, 0.25) is 0 Å². The van der Waals surface area contributed by atoms with Gasteiger partial charge in [0.25, 0.3) is 0 Å². The SMILES string of the molecule is CC1/C=C\C=C/N(c2ccc(Nc3ccc(-c4ccccc4)cc3)cc2)C2=C1C=CCC2. The zero-order chi connectivity index (χ0) is 21.8. The van der Waals surface area contributed by atoms with Gasteiger partial charge in [-0.25, -0.2) is 0 Å². The van der Waals surface area contributed by atoms with Crippen LogP contribution < -0.4 is 10.2 Å². The molecule has 1 aliphatic heterocycles. The molecule has 1 unspecified atom stereocenters. The third-order valence-corrected chi connectivity index (χ3v) is 6.13. The van der Waals surface area contributed by atoms with Crippen molar-refractivity contribution in [2.45, 2.75) is 19.8 Å². The summed E-state index contributed by atoms with van der Waals surface area (Å²) in [5.41, 5.74) is 8.64. The molecule has 3 aromatic rings. The molecule has 0 radical (unpaired) electrons. The highest BCUT2D eigenvalue weighted by Gasteiger charge is 2.19. The van der Waals surface area contributed by atoms with Crippen LogP contribution >= 0.6 is 0 Å². The Bertz CT molecular complexity index is 1180. The maximum atomic E-state index is 3.53. The van der Waals surface area contributed by atoms with Crippen molar-refractivity contribution < 1.29 is 0 Å². The summed E-state index contributed by atoms with van der Waals surface area (Å²) in [6.45, 7) is 2.27. The van der Waals surface area contributed by atoms with E-state index in [1.54, 1.807) is 0 Å². The number of nitrogens with one attached hydrogen (secondary N) is 1. The Labute approximate surface area is 190 Å². The van der Waals surface area contributed by atoms with E-state index in [1.807, 2.05) is 6.07 Å². The van der Waals surface area contributed by atoms with Crippen molar-refractivity contribution >= 4 is 17.1 Å². The zero-order valence-corrected chi connectivity index (χ0v) is 18.4. The van der Waals surface area contributed by atoms with Crippen LogP contribution in [0.2, 0.25) is 0 Å². The molecule has 0 bridgehead atoms. The van der Waals surface area contributed by atoms with Gasteiger partial charge in [0.1, 0.15) is 0 Å². The molecule has 2 aliphatic rings. The predicted octanol–water partition coefficient (Wildman–Crippen LogP) is 8.23. The van der Waals surface area contributed by atoms with Crippen LogP contribution in [0, 0.1) is 5.92 Å². The van der Waals surface area contributed by atoms with Gasteiger partial charge in [-0.05, 0) is 72.0 Å². The number of benzene rings is 3. The normalized spacial score (nSPS) is 19.7. The molecule has 1 atom stereocenters. The molecule has 0 saturated heterocycles. The van der Waals surface area contributed by atoms with E-state index in [2.05, 4.69) is 127 Å². The summed E-state index contributed by atoms with van der Waals surface area (Å²) in [7, 11) is 0. The first-order valence-corrected chi connectivity index (χ1v) is 11.3. The second kappa shape index (κ2) is 9.15. The third-order valence-electron chi connectivity index (χ3n) is 6.13. The van der Waals surface area contributed by atoms with Gasteiger partial charge in [-0.1, -0.05) is 73.7 Å². The maximum Gasteiger partial charge on any atom is 0.0453 e. The summed E-state index contributed by atoms with van der Waals surface area (Å²) in [6, 6.07) is 27.8.